The van der Waals surface area contributed by atoms with Crippen molar-refractivity contribution in [3.8, 4) is 5.75 Å². The van der Waals surface area contributed by atoms with Crippen molar-refractivity contribution >= 4 is 23.6 Å². The highest BCUT2D eigenvalue weighted by molar-refractivity contribution is 7.99. The Morgan fingerprint density at radius 2 is 1.81 bits per heavy atom. The van der Waals surface area contributed by atoms with Gasteiger partial charge in [-0.3, -0.25) is 9.59 Å². The van der Waals surface area contributed by atoms with E-state index in [1.807, 2.05) is 62.4 Å². The van der Waals surface area contributed by atoms with Crippen LogP contribution < -0.4 is 10.1 Å². The molecule has 3 rings (SSSR count). The highest BCUT2D eigenvalue weighted by Crippen LogP contribution is 2.21. The molecule has 1 saturated carbocycles. The van der Waals surface area contributed by atoms with Crippen LogP contribution in [0, 0.1) is 6.92 Å². The number of thioether (sulfide) groups is 1. The molecule has 1 atom stereocenters. The summed E-state index contributed by atoms with van der Waals surface area (Å²) in [6.07, 6.45) is 4.38. The van der Waals surface area contributed by atoms with Gasteiger partial charge in [-0.05, 0) is 55.5 Å². The van der Waals surface area contributed by atoms with Gasteiger partial charge in [-0.25, -0.2) is 0 Å². The van der Waals surface area contributed by atoms with E-state index in [-0.39, 0.29) is 17.9 Å². The molecule has 0 aromatic heterocycles. The number of nitrogens with zero attached hydrogens (tertiary/aromatic N) is 1. The molecule has 0 bridgehead atoms. The number of amides is 2. The molecule has 2 aromatic carbocycles. The minimum Gasteiger partial charge on any atom is -0.497 e. The van der Waals surface area contributed by atoms with E-state index in [1.54, 1.807) is 23.8 Å². The molecule has 1 N–H and O–H groups in total. The summed E-state index contributed by atoms with van der Waals surface area (Å²) in [5.41, 5.74) is 3.34. The summed E-state index contributed by atoms with van der Waals surface area (Å²) in [5, 5.41) is 3.16. The number of methoxy groups -OCH3 is 1. The Morgan fingerprint density at radius 1 is 1.12 bits per heavy atom. The Balaban J connectivity index is 1.64. The molecule has 0 unspecified atom stereocenters. The standard InChI is InChI=1S/C26H34N2O3S/c1-19-8-4-5-9-22(19)16-28(20(2)26(30)27-23-10-6-7-11-23)25(29)18-32-17-21-12-14-24(31-3)15-13-21/h4-5,8-9,12-15,20,23H,6-7,10-11,16-18H2,1-3H3,(H,27,30)/t20-/m0/s1. The molecule has 2 aromatic rings. The quantitative estimate of drug-likeness (QED) is 0.565. The molecule has 6 heteroatoms. The van der Waals surface area contributed by atoms with Crippen molar-refractivity contribution in [2.45, 2.75) is 63.9 Å². The lowest BCUT2D eigenvalue weighted by Gasteiger charge is -2.30. The molecule has 0 heterocycles. The third-order valence-electron chi connectivity index (χ3n) is 6.12. The Bertz CT molecular complexity index is 894. The summed E-state index contributed by atoms with van der Waals surface area (Å²) < 4.78 is 5.20. The van der Waals surface area contributed by atoms with Gasteiger partial charge in [0.15, 0.2) is 0 Å². The molecule has 1 aliphatic rings. The van der Waals surface area contributed by atoms with Crippen molar-refractivity contribution in [3.63, 3.8) is 0 Å². The first kappa shape index (κ1) is 24.2. The van der Waals surface area contributed by atoms with E-state index in [0.29, 0.717) is 12.3 Å². The number of carbonyl (C=O) groups is 2. The lowest BCUT2D eigenvalue weighted by molar-refractivity contribution is -0.139. The highest BCUT2D eigenvalue weighted by Gasteiger charge is 2.28. The summed E-state index contributed by atoms with van der Waals surface area (Å²) in [5.74, 6) is 1.82. The largest absolute Gasteiger partial charge is 0.497 e. The second-order valence-corrected chi connectivity index (χ2v) is 9.44. The van der Waals surface area contributed by atoms with E-state index in [9.17, 15) is 9.59 Å². The lowest BCUT2D eigenvalue weighted by atomic mass is 10.1. The van der Waals surface area contributed by atoms with Crippen LogP contribution in [0.25, 0.3) is 0 Å². The van der Waals surface area contributed by atoms with Gasteiger partial charge in [0.1, 0.15) is 11.8 Å². The van der Waals surface area contributed by atoms with Crippen LogP contribution in [0.4, 0.5) is 0 Å². The predicted octanol–water partition coefficient (Wildman–Crippen LogP) is 4.71. The summed E-state index contributed by atoms with van der Waals surface area (Å²) in [4.78, 5) is 27.9. The number of hydrogen-bond acceptors (Lipinski definition) is 4. The van der Waals surface area contributed by atoms with Crippen LogP contribution >= 0.6 is 11.8 Å². The maximum absolute atomic E-state index is 13.2. The van der Waals surface area contributed by atoms with Crippen LogP contribution in [0.1, 0.15) is 49.3 Å². The third kappa shape index (κ3) is 6.76. The molecule has 172 valence electrons. The van der Waals surface area contributed by atoms with Crippen LogP contribution in [0.5, 0.6) is 5.75 Å². The van der Waals surface area contributed by atoms with E-state index in [4.69, 9.17) is 4.74 Å². The molecule has 0 radical (unpaired) electrons. The SMILES string of the molecule is COc1ccc(CSCC(=O)N(Cc2ccccc2C)[C@@H](C)C(=O)NC2CCCC2)cc1. The summed E-state index contributed by atoms with van der Waals surface area (Å²) in [6, 6.07) is 15.7. The van der Waals surface area contributed by atoms with Crippen LogP contribution in [0.2, 0.25) is 0 Å². The maximum Gasteiger partial charge on any atom is 0.242 e. The molecular formula is C26H34N2O3S. The summed E-state index contributed by atoms with van der Waals surface area (Å²) in [7, 11) is 1.65. The fraction of sp³-hybridized carbons (Fsp3) is 0.462. The molecule has 0 spiro atoms. The van der Waals surface area contributed by atoms with Crippen molar-refractivity contribution in [3.05, 3.63) is 65.2 Å². The summed E-state index contributed by atoms with van der Waals surface area (Å²) in [6.45, 7) is 4.32. The fourth-order valence-corrected chi connectivity index (χ4v) is 4.88. The Hall–Kier alpha value is -2.47. The van der Waals surface area contributed by atoms with Crippen LogP contribution in [-0.2, 0) is 21.9 Å². The van der Waals surface area contributed by atoms with Gasteiger partial charge in [0.2, 0.25) is 11.8 Å². The zero-order chi connectivity index (χ0) is 22.9. The predicted molar refractivity (Wildman–Crippen MR) is 131 cm³/mol. The molecule has 0 aliphatic heterocycles. The molecule has 1 aliphatic carbocycles. The first-order valence-electron chi connectivity index (χ1n) is 11.3. The Morgan fingerprint density at radius 3 is 2.47 bits per heavy atom. The minimum absolute atomic E-state index is 0.0131. The average Bonchev–Trinajstić information content (AvgIpc) is 3.31. The van der Waals surface area contributed by atoms with Gasteiger partial charge >= 0.3 is 0 Å². The molecule has 1 fully saturated rings. The maximum atomic E-state index is 13.2. The van der Waals surface area contributed by atoms with Gasteiger partial charge in [0.25, 0.3) is 0 Å². The first-order chi connectivity index (χ1) is 15.5. The van der Waals surface area contributed by atoms with E-state index >= 15 is 0 Å². The number of benzene rings is 2. The smallest absolute Gasteiger partial charge is 0.242 e. The number of ether oxygens (including phenoxy) is 1. The van der Waals surface area contributed by atoms with Crippen molar-refractivity contribution in [1.82, 2.24) is 10.2 Å². The summed E-state index contributed by atoms with van der Waals surface area (Å²) >= 11 is 1.57. The molecular weight excluding hydrogens is 420 g/mol. The topological polar surface area (TPSA) is 58.6 Å². The van der Waals surface area contributed by atoms with Crippen molar-refractivity contribution in [2.24, 2.45) is 0 Å². The number of aryl methyl sites for hydroxylation is 1. The highest BCUT2D eigenvalue weighted by atomic mass is 32.2. The second-order valence-electron chi connectivity index (χ2n) is 8.45. The van der Waals surface area contributed by atoms with E-state index < -0.39 is 6.04 Å². The first-order valence-corrected chi connectivity index (χ1v) is 12.5. The number of rotatable bonds is 10. The average molecular weight is 455 g/mol. The fourth-order valence-electron chi connectivity index (χ4n) is 4.01. The van der Waals surface area contributed by atoms with Crippen LogP contribution in [0.3, 0.4) is 0 Å². The van der Waals surface area contributed by atoms with E-state index in [1.165, 1.54) is 0 Å². The Labute approximate surface area is 195 Å². The number of hydrogen-bond donors (Lipinski definition) is 1. The lowest BCUT2D eigenvalue weighted by Crippen LogP contribution is -2.50. The minimum atomic E-state index is -0.510. The van der Waals surface area contributed by atoms with Crippen molar-refractivity contribution in [1.29, 1.82) is 0 Å². The van der Waals surface area contributed by atoms with Gasteiger partial charge in [-0.2, -0.15) is 0 Å². The molecule has 5 nitrogen and oxygen atoms in total. The zero-order valence-corrected chi connectivity index (χ0v) is 20.1. The van der Waals surface area contributed by atoms with Gasteiger partial charge < -0.3 is 15.0 Å². The Kier molecular flexibility index (Phi) is 9.03. The molecule has 0 saturated heterocycles. The van der Waals surface area contributed by atoms with Crippen LogP contribution in [0.15, 0.2) is 48.5 Å². The van der Waals surface area contributed by atoms with Gasteiger partial charge in [-0.1, -0.05) is 49.2 Å². The number of carbonyl (C=O) groups excluding carboxylic acids is 2. The van der Waals surface area contributed by atoms with Gasteiger partial charge in [0, 0.05) is 18.3 Å². The third-order valence-corrected chi connectivity index (χ3v) is 7.11. The monoisotopic (exact) mass is 454 g/mol. The van der Waals surface area contributed by atoms with E-state index in [0.717, 1.165) is 53.9 Å². The zero-order valence-electron chi connectivity index (χ0n) is 19.3. The van der Waals surface area contributed by atoms with Crippen molar-refractivity contribution in [2.75, 3.05) is 12.9 Å². The van der Waals surface area contributed by atoms with E-state index in [2.05, 4.69) is 5.32 Å². The second kappa shape index (κ2) is 12.0. The van der Waals surface area contributed by atoms with Crippen molar-refractivity contribution < 1.29 is 14.3 Å². The normalized spacial score (nSPS) is 14.7. The number of nitrogens with one attached hydrogen (secondary N) is 1. The van der Waals surface area contributed by atoms with Gasteiger partial charge in [0.05, 0.1) is 12.9 Å². The molecule has 2 amide bonds. The molecule has 32 heavy (non-hydrogen) atoms. The van der Waals surface area contributed by atoms with Crippen LogP contribution in [-0.4, -0.2) is 41.7 Å². The van der Waals surface area contributed by atoms with Gasteiger partial charge in [-0.15, -0.1) is 11.8 Å².